The van der Waals surface area contributed by atoms with Crippen LogP contribution in [0.25, 0.3) is 5.69 Å². The van der Waals surface area contributed by atoms with E-state index in [2.05, 4.69) is 0 Å². The summed E-state index contributed by atoms with van der Waals surface area (Å²) in [5, 5.41) is 12.1. The largest absolute Gasteiger partial charge is 0.375 e. The molecule has 1 aliphatic heterocycles. The first kappa shape index (κ1) is 21.2. The van der Waals surface area contributed by atoms with Gasteiger partial charge in [0, 0.05) is 34.2 Å². The molecule has 1 aliphatic rings. The second-order valence-corrected chi connectivity index (χ2v) is 8.51. The Morgan fingerprint density at radius 1 is 0.909 bits per heavy atom. The van der Waals surface area contributed by atoms with Crippen molar-refractivity contribution in [1.29, 1.82) is 0 Å². The van der Waals surface area contributed by atoms with Gasteiger partial charge in [0.05, 0.1) is 18.7 Å². The van der Waals surface area contributed by atoms with Gasteiger partial charge in [0.2, 0.25) is 0 Å². The number of hydrogen-bond acceptors (Lipinski definition) is 3. The summed E-state index contributed by atoms with van der Waals surface area (Å²) >= 11 is 6.31. The SMILES string of the molecule is O=C(CC1(O)C(=O)N(Cc2ccccc2Cl)c2ccccc21)c1cccc(-n2cccc2)c1. The lowest BCUT2D eigenvalue weighted by atomic mass is 9.88. The molecule has 1 amide bonds. The van der Waals surface area contributed by atoms with Crippen LogP contribution in [0.1, 0.15) is 27.9 Å². The molecule has 1 atom stereocenters. The summed E-state index contributed by atoms with van der Waals surface area (Å²) in [6, 6.07) is 25.3. The van der Waals surface area contributed by atoms with Gasteiger partial charge in [-0.15, -0.1) is 0 Å². The van der Waals surface area contributed by atoms with Gasteiger partial charge in [0.15, 0.2) is 11.4 Å². The molecule has 0 spiro atoms. The smallest absolute Gasteiger partial charge is 0.264 e. The van der Waals surface area contributed by atoms with Crippen LogP contribution in [-0.2, 0) is 16.9 Å². The monoisotopic (exact) mass is 456 g/mol. The van der Waals surface area contributed by atoms with Crippen molar-refractivity contribution < 1.29 is 14.7 Å². The van der Waals surface area contributed by atoms with Crippen LogP contribution in [0.5, 0.6) is 0 Å². The van der Waals surface area contributed by atoms with E-state index in [9.17, 15) is 14.7 Å². The molecule has 5 rings (SSSR count). The van der Waals surface area contributed by atoms with Crippen LogP contribution in [0.3, 0.4) is 0 Å². The lowest BCUT2D eigenvalue weighted by Gasteiger charge is -2.23. The average molecular weight is 457 g/mol. The minimum absolute atomic E-state index is 0.204. The zero-order chi connectivity index (χ0) is 23.0. The maximum absolute atomic E-state index is 13.5. The summed E-state index contributed by atoms with van der Waals surface area (Å²) in [5.74, 6) is -0.840. The highest BCUT2D eigenvalue weighted by molar-refractivity contribution is 6.31. The average Bonchev–Trinajstić information content (AvgIpc) is 3.44. The molecule has 5 nitrogen and oxygen atoms in total. The number of fused-ring (bicyclic) bond motifs is 1. The first-order valence-corrected chi connectivity index (χ1v) is 11.0. The van der Waals surface area contributed by atoms with Crippen molar-refractivity contribution >= 4 is 29.0 Å². The lowest BCUT2D eigenvalue weighted by molar-refractivity contribution is -0.136. The number of aliphatic hydroxyl groups is 1. The third-order valence-electron chi connectivity index (χ3n) is 6.01. The molecule has 1 N–H and O–H groups in total. The van der Waals surface area contributed by atoms with Gasteiger partial charge in [-0.1, -0.05) is 60.1 Å². The summed E-state index contributed by atoms with van der Waals surface area (Å²) in [6.45, 7) is 0.204. The Balaban J connectivity index is 1.47. The number of para-hydroxylation sites is 1. The van der Waals surface area contributed by atoms with Crippen molar-refractivity contribution in [3.8, 4) is 5.69 Å². The second-order valence-electron chi connectivity index (χ2n) is 8.10. The summed E-state index contributed by atoms with van der Waals surface area (Å²) < 4.78 is 1.90. The molecule has 6 heteroatoms. The van der Waals surface area contributed by atoms with Crippen molar-refractivity contribution in [2.24, 2.45) is 0 Å². The molecular formula is C27H21ClN2O3. The number of nitrogens with zero attached hydrogens (tertiary/aromatic N) is 2. The molecule has 0 aliphatic carbocycles. The van der Waals surface area contributed by atoms with Gasteiger partial charge in [-0.3, -0.25) is 9.59 Å². The van der Waals surface area contributed by atoms with E-state index in [-0.39, 0.29) is 18.7 Å². The molecule has 2 heterocycles. The highest BCUT2D eigenvalue weighted by atomic mass is 35.5. The summed E-state index contributed by atoms with van der Waals surface area (Å²) in [4.78, 5) is 28.2. The lowest BCUT2D eigenvalue weighted by Crippen LogP contribution is -2.41. The van der Waals surface area contributed by atoms with Crippen molar-refractivity contribution in [1.82, 2.24) is 4.57 Å². The van der Waals surface area contributed by atoms with Crippen LogP contribution in [0.4, 0.5) is 5.69 Å². The van der Waals surface area contributed by atoms with E-state index in [0.717, 1.165) is 11.3 Å². The fourth-order valence-electron chi connectivity index (χ4n) is 4.31. The van der Waals surface area contributed by atoms with Crippen LogP contribution < -0.4 is 4.90 Å². The van der Waals surface area contributed by atoms with Crippen LogP contribution in [0, 0.1) is 0 Å². The Labute approximate surface area is 196 Å². The van der Waals surface area contributed by atoms with Gasteiger partial charge in [-0.05, 0) is 42.0 Å². The Hall–Kier alpha value is -3.67. The molecule has 4 aromatic rings. The van der Waals surface area contributed by atoms with E-state index in [1.54, 1.807) is 48.5 Å². The van der Waals surface area contributed by atoms with Gasteiger partial charge in [0.25, 0.3) is 5.91 Å². The van der Waals surface area contributed by atoms with Crippen LogP contribution in [0.15, 0.2) is 97.3 Å². The number of amides is 1. The molecule has 3 aromatic carbocycles. The number of hydrogen-bond donors (Lipinski definition) is 1. The predicted octanol–water partition coefficient (Wildman–Crippen LogP) is 5.14. The van der Waals surface area contributed by atoms with Crippen LogP contribution >= 0.6 is 11.6 Å². The Morgan fingerprint density at radius 3 is 2.42 bits per heavy atom. The minimum atomic E-state index is -1.95. The van der Waals surface area contributed by atoms with Gasteiger partial charge >= 0.3 is 0 Å². The Kier molecular flexibility index (Phi) is 5.36. The normalized spacial score (nSPS) is 17.3. The summed E-state index contributed by atoms with van der Waals surface area (Å²) in [7, 11) is 0. The number of carbonyl (C=O) groups is 2. The number of anilines is 1. The zero-order valence-electron chi connectivity index (χ0n) is 17.7. The fraction of sp³-hybridized carbons (Fsp3) is 0.111. The number of Topliss-reactive ketones (excluding diaryl/α,β-unsaturated/α-hetero) is 1. The van der Waals surface area contributed by atoms with Crippen molar-refractivity contribution in [2.45, 2.75) is 18.6 Å². The summed E-state index contributed by atoms with van der Waals surface area (Å²) in [6.07, 6.45) is 3.43. The number of rotatable bonds is 6. The van der Waals surface area contributed by atoms with Gasteiger partial charge in [-0.25, -0.2) is 0 Å². The van der Waals surface area contributed by atoms with E-state index in [1.165, 1.54) is 4.90 Å². The van der Waals surface area contributed by atoms with Gasteiger partial charge < -0.3 is 14.6 Å². The van der Waals surface area contributed by atoms with E-state index in [1.807, 2.05) is 53.4 Å². The molecule has 1 aromatic heterocycles. The highest BCUT2D eigenvalue weighted by Crippen LogP contribution is 2.43. The van der Waals surface area contributed by atoms with Crippen molar-refractivity contribution in [3.05, 3.63) is 119 Å². The van der Waals surface area contributed by atoms with Gasteiger partial charge in [0.1, 0.15) is 0 Å². The zero-order valence-corrected chi connectivity index (χ0v) is 18.4. The standard InChI is InChI=1S/C27H21ClN2O3/c28-23-12-3-1-8-20(23)18-30-24-13-4-2-11-22(24)27(33,26(30)32)17-25(31)19-9-7-10-21(16-19)29-14-5-6-15-29/h1-16,33H,17-18H2. The molecular weight excluding hydrogens is 436 g/mol. The van der Waals surface area contributed by atoms with Crippen LogP contribution in [-0.4, -0.2) is 21.4 Å². The topological polar surface area (TPSA) is 62.5 Å². The minimum Gasteiger partial charge on any atom is -0.375 e. The molecule has 0 saturated heterocycles. The first-order chi connectivity index (χ1) is 16.0. The maximum Gasteiger partial charge on any atom is 0.264 e. The molecule has 164 valence electrons. The Bertz CT molecular complexity index is 1350. The number of aromatic nitrogens is 1. The third kappa shape index (κ3) is 3.75. The van der Waals surface area contributed by atoms with E-state index in [0.29, 0.717) is 21.8 Å². The summed E-state index contributed by atoms with van der Waals surface area (Å²) in [5.41, 5.74) is 1.09. The third-order valence-corrected chi connectivity index (χ3v) is 6.38. The van der Waals surface area contributed by atoms with E-state index >= 15 is 0 Å². The highest BCUT2D eigenvalue weighted by Gasteiger charge is 2.50. The molecule has 33 heavy (non-hydrogen) atoms. The number of halogens is 1. The fourth-order valence-corrected chi connectivity index (χ4v) is 4.51. The molecule has 0 fully saturated rings. The maximum atomic E-state index is 13.5. The number of benzene rings is 3. The van der Waals surface area contributed by atoms with Crippen LogP contribution in [0.2, 0.25) is 5.02 Å². The van der Waals surface area contributed by atoms with E-state index in [4.69, 9.17) is 11.6 Å². The van der Waals surface area contributed by atoms with Crippen molar-refractivity contribution in [2.75, 3.05) is 4.90 Å². The quantitative estimate of drug-likeness (QED) is 0.409. The number of carbonyl (C=O) groups excluding carboxylic acids is 2. The molecule has 0 saturated carbocycles. The first-order valence-electron chi connectivity index (χ1n) is 10.6. The second kappa shape index (κ2) is 8.35. The molecule has 0 bridgehead atoms. The Morgan fingerprint density at radius 2 is 1.64 bits per heavy atom. The number of ketones is 1. The van der Waals surface area contributed by atoms with Gasteiger partial charge in [-0.2, -0.15) is 0 Å². The predicted molar refractivity (Wildman–Crippen MR) is 128 cm³/mol. The van der Waals surface area contributed by atoms with E-state index < -0.39 is 11.5 Å². The molecule has 1 unspecified atom stereocenters. The molecule has 0 radical (unpaired) electrons. The van der Waals surface area contributed by atoms with Crippen molar-refractivity contribution in [3.63, 3.8) is 0 Å².